The maximum Gasteiger partial charge on any atom is 0.255 e. The van der Waals surface area contributed by atoms with Gasteiger partial charge in [0.1, 0.15) is 5.15 Å². The smallest absolute Gasteiger partial charge is 0.255 e. The molecule has 0 unspecified atom stereocenters. The molecule has 0 atom stereocenters. The predicted octanol–water partition coefficient (Wildman–Crippen LogP) is 3.00. The highest BCUT2D eigenvalue weighted by atomic mass is 35.5. The van der Waals surface area contributed by atoms with Gasteiger partial charge in [-0.2, -0.15) is 0 Å². The molecule has 0 aromatic carbocycles. The lowest BCUT2D eigenvalue weighted by atomic mass is 9.84. The lowest BCUT2D eigenvalue weighted by Crippen LogP contribution is -2.43. The summed E-state index contributed by atoms with van der Waals surface area (Å²) < 4.78 is 0. The normalized spacial score (nSPS) is 19.1. The van der Waals surface area contributed by atoms with Gasteiger partial charge < -0.3 is 4.90 Å². The Bertz CT molecular complexity index is 414. The van der Waals surface area contributed by atoms with Crippen molar-refractivity contribution in [3.63, 3.8) is 0 Å². The molecule has 3 nitrogen and oxygen atoms in total. The molecule has 0 radical (unpaired) electrons. The number of nitrogens with zero attached hydrogens (tertiary/aromatic N) is 2. The van der Waals surface area contributed by atoms with E-state index in [1.54, 1.807) is 18.3 Å². The number of aromatic nitrogens is 1. The minimum atomic E-state index is 0.0574. The van der Waals surface area contributed by atoms with Crippen molar-refractivity contribution in [2.24, 2.45) is 5.41 Å². The molecular weight excluding hydrogens is 236 g/mol. The van der Waals surface area contributed by atoms with E-state index in [0.717, 1.165) is 19.5 Å². The van der Waals surface area contributed by atoms with Crippen molar-refractivity contribution in [2.45, 2.75) is 26.7 Å². The molecule has 0 aliphatic carbocycles. The van der Waals surface area contributed by atoms with E-state index in [4.69, 9.17) is 11.6 Å². The van der Waals surface area contributed by atoms with E-state index in [2.05, 4.69) is 18.8 Å². The van der Waals surface area contributed by atoms with E-state index in [0.29, 0.717) is 10.7 Å². The van der Waals surface area contributed by atoms with Gasteiger partial charge in [0.15, 0.2) is 0 Å². The molecular formula is C13H17ClN2O. The van der Waals surface area contributed by atoms with Crippen molar-refractivity contribution in [1.29, 1.82) is 0 Å². The van der Waals surface area contributed by atoms with Crippen LogP contribution in [0.25, 0.3) is 0 Å². The molecule has 2 rings (SSSR count). The van der Waals surface area contributed by atoms with Gasteiger partial charge >= 0.3 is 0 Å². The lowest BCUT2D eigenvalue weighted by molar-refractivity contribution is 0.0583. The summed E-state index contributed by atoms with van der Waals surface area (Å²) in [6.45, 7) is 6.05. The summed E-state index contributed by atoms with van der Waals surface area (Å²) in [4.78, 5) is 18.1. The first-order valence-corrected chi connectivity index (χ1v) is 6.27. The van der Waals surface area contributed by atoms with Crippen LogP contribution in [0.15, 0.2) is 18.3 Å². The standard InChI is InChI=1S/C13H17ClN2O/c1-13(2)6-3-7-16(9-13)12(17)10-4-5-11(14)15-8-10/h4-5,8H,3,6-7,9H2,1-2H3. The summed E-state index contributed by atoms with van der Waals surface area (Å²) >= 11 is 5.71. The topological polar surface area (TPSA) is 33.2 Å². The predicted molar refractivity (Wildman–Crippen MR) is 68.2 cm³/mol. The fourth-order valence-electron chi connectivity index (χ4n) is 2.28. The molecule has 1 amide bonds. The third-order valence-electron chi connectivity index (χ3n) is 3.16. The largest absolute Gasteiger partial charge is 0.338 e. The van der Waals surface area contributed by atoms with E-state index >= 15 is 0 Å². The Balaban J connectivity index is 2.12. The monoisotopic (exact) mass is 252 g/mol. The minimum Gasteiger partial charge on any atom is -0.338 e. The number of halogens is 1. The summed E-state index contributed by atoms with van der Waals surface area (Å²) in [6, 6.07) is 3.39. The van der Waals surface area contributed by atoms with Gasteiger partial charge in [0.2, 0.25) is 0 Å². The number of amides is 1. The summed E-state index contributed by atoms with van der Waals surface area (Å²) in [5.74, 6) is 0.0574. The molecule has 0 bridgehead atoms. The van der Waals surface area contributed by atoms with Gasteiger partial charge in [0, 0.05) is 19.3 Å². The van der Waals surface area contributed by atoms with Gasteiger partial charge in [-0.1, -0.05) is 25.4 Å². The maximum atomic E-state index is 12.2. The highest BCUT2D eigenvalue weighted by molar-refractivity contribution is 6.29. The van der Waals surface area contributed by atoms with Crippen LogP contribution >= 0.6 is 11.6 Å². The van der Waals surface area contributed by atoms with Crippen molar-refractivity contribution in [3.8, 4) is 0 Å². The maximum absolute atomic E-state index is 12.2. The number of rotatable bonds is 1. The zero-order valence-electron chi connectivity index (χ0n) is 10.2. The molecule has 2 heterocycles. The molecule has 1 saturated heterocycles. The second-order valence-corrected chi connectivity index (χ2v) is 5.75. The Hall–Kier alpha value is -1.09. The van der Waals surface area contributed by atoms with E-state index in [9.17, 15) is 4.79 Å². The Morgan fingerprint density at radius 1 is 1.47 bits per heavy atom. The molecule has 4 heteroatoms. The van der Waals surface area contributed by atoms with Crippen LogP contribution in [-0.2, 0) is 0 Å². The second-order valence-electron chi connectivity index (χ2n) is 5.36. The average molecular weight is 253 g/mol. The van der Waals surface area contributed by atoms with Crippen LogP contribution in [0, 0.1) is 5.41 Å². The van der Waals surface area contributed by atoms with Crippen molar-refractivity contribution < 1.29 is 4.79 Å². The summed E-state index contributed by atoms with van der Waals surface area (Å²) in [5, 5.41) is 0.417. The van der Waals surface area contributed by atoms with Crippen LogP contribution in [-0.4, -0.2) is 28.9 Å². The van der Waals surface area contributed by atoms with Crippen LogP contribution in [0.2, 0.25) is 5.15 Å². The number of pyridine rings is 1. The van der Waals surface area contributed by atoms with Gasteiger partial charge in [0.05, 0.1) is 5.56 Å². The van der Waals surface area contributed by atoms with E-state index in [1.165, 1.54) is 6.42 Å². The van der Waals surface area contributed by atoms with Crippen LogP contribution in [0.5, 0.6) is 0 Å². The van der Waals surface area contributed by atoms with Crippen LogP contribution in [0.4, 0.5) is 0 Å². The van der Waals surface area contributed by atoms with Crippen LogP contribution in [0.3, 0.4) is 0 Å². The molecule has 1 fully saturated rings. The highest BCUT2D eigenvalue weighted by Gasteiger charge is 2.29. The van der Waals surface area contributed by atoms with Gasteiger partial charge in [-0.05, 0) is 30.4 Å². The molecule has 1 aromatic heterocycles. The molecule has 17 heavy (non-hydrogen) atoms. The Labute approximate surface area is 107 Å². The Morgan fingerprint density at radius 2 is 2.24 bits per heavy atom. The van der Waals surface area contributed by atoms with Crippen molar-refractivity contribution >= 4 is 17.5 Å². The number of piperidine rings is 1. The van der Waals surface area contributed by atoms with E-state index < -0.39 is 0 Å². The van der Waals surface area contributed by atoms with E-state index in [1.807, 2.05) is 4.90 Å². The number of carbonyl (C=O) groups excluding carboxylic acids is 1. The molecule has 0 spiro atoms. The number of hydrogen-bond donors (Lipinski definition) is 0. The third-order valence-corrected chi connectivity index (χ3v) is 3.39. The Kier molecular flexibility index (Phi) is 3.38. The quantitative estimate of drug-likeness (QED) is 0.720. The first kappa shape index (κ1) is 12.4. The van der Waals surface area contributed by atoms with Crippen molar-refractivity contribution in [2.75, 3.05) is 13.1 Å². The highest BCUT2D eigenvalue weighted by Crippen LogP contribution is 2.29. The lowest BCUT2D eigenvalue weighted by Gasteiger charge is -2.38. The first-order chi connectivity index (χ1) is 7.98. The fourth-order valence-corrected chi connectivity index (χ4v) is 2.39. The number of likely N-dealkylation sites (tertiary alicyclic amines) is 1. The molecule has 1 aromatic rings. The molecule has 1 aliphatic rings. The summed E-state index contributed by atoms with van der Waals surface area (Å²) in [7, 11) is 0. The van der Waals surface area contributed by atoms with Gasteiger partial charge in [0.25, 0.3) is 5.91 Å². The van der Waals surface area contributed by atoms with Crippen molar-refractivity contribution in [3.05, 3.63) is 29.0 Å². The van der Waals surface area contributed by atoms with E-state index in [-0.39, 0.29) is 11.3 Å². The SMILES string of the molecule is CC1(C)CCCN(C(=O)c2ccc(Cl)nc2)C1. The zero-order valence-corrected chi connectivity index (χ0v) is 11.0. The summed E-state index contributed by atoms with van der Waals surface area (Å²) in [5.41, 5.74) is 0.834. The van der Waals surface area contributed by atoms with Crippen molar-refractivity contribution in [1.82, 2.24) is 9.88 Å². The molecule has 1 aliphatic heterocycles. The first-order valence-electron chi connectivity index (χ1n) is 5.89. The molecule has 0 saturated carbocycles. The molecule has 92 valence electrons. The van der Waals surface area contributed by atoms with Crippen LogP contribution in [0.1, 0.15) is 37.0 Å². The van der Waals surface area contributed by atoms with Gasteiger partial charge in [-0.25, -0.2) is 4.98 Å². The summed E-state index contributed by atoms with van der Waals surface area (Å²) in [6.07, 6.45) is 3.79. The average Bonchev–Trinajstić information content (AvgIpc) is 2.28. The number of carbonyl (C=O) groups is 1. The second kappa shape index (κ2) is 4.65. The van der Waals surface area contributed by atoms with Crippen LogP contribution < -0.4 is 0 Å². The van der Waals surface area contributed by atoms with Gasteiger partial charge in [-0.3, -0.25) is 4.79 Å². The minimum absolute atomic E-state index is 0.0574. The number of hydrogen-bond acceptors (Lipinski definition) is 2. The third kappa shape index (κ3) is 2.97. The Morgan fingerprint density at radius 3 is 2.82 bits per heavy atom. The van der Waals surface area contributed by atoms with Gasteiger partial charge in [-0.15, -0.1) is 0 Å². The zero-order chi connectivity index (χ0) is 12.5. The fraction of sp³-hybridized carbons (Fsp3) is 0.538. The molecule has 0 N–H and O–H groups in total.